The van der Waals surface area contributed by atoms with Gasteiger partial charge in [0.1, 0.15) is 0 Å². The Morgan fingerprint density at radius 3 is 1.97 bits per heavy atom. The fraction of sp³-hybridized carbons (Fsp3) is 0.0588. The summed E-state index contributed by atoms with van der Waals surface area (Å²) in [4.78, 5) is 10.2. The summed E-state index contributed by atoms with van der Waals surface area (Å²) in [6.45, 7) is 4.00. The van der Waals surface area contributed by atoms with Crippen LogP contribution in [0.3, 0.4) is 0 Å². The molecule has 36 heavy (non-hydrogen) atoms. The molecule has 0 amide bonds. The van der Waals surface area contributed by atoms with Crippen molar-refractivity contribution in [3.05, 3.63) is 121 Å². The predicted molar refractivity (Wildman–Crippen MR) is 154 cm³/mol. The standard InChI is InChI=1S/C32H20N2.C2H6/c1-2-10-23-20-24(17-16-21(23)8-1)28-14-7-15-30(33-28)32-27-19-18-22-9-3-4-11-25(22)31(27)26-12-5-6-13-29(26)34-32;1-2/h1-20H;1-2H3. The highest BCUT2D eigenvalue weighted by Gasteiger charge is 2.14. The zero-order chi connectivity index (χ0) is 24.5. The topological polar surface area (TPSA) is 25.8 Å². The van der Waals surface area contributed by atoms with Crippen molar-refractivity contribution in [2.75, 3.05) is 0 Å². The highest BCUT2D eigenvalue weighted by atomic mass is 14.8. The summed E-state index contributed by atoms with van der Waals surface area (Å²) in [6.07, 6.45) is 0. The van der Waals surface area contributed by atoms with Gasteiger partial charge in [-0.2, -0.15) is 0 Å². The average Bonchev–Trinajstić information content (AvgIpc) is 2.97. The molecule has 0 aliphatic heterocycles. The van der Waals surface area contributed by atoms with Gasteiger partial charge in [-0.3, -0.25) is 0 Å². The molecule has 0 fully saturated rings. The predicted octanol–water partition coefficient (Wildman–Crippen LogP) is 9.45. The first-order valence-corrected chi connectivity index (χ1v) is 12.5. The zero-order valence-electron chi connectivity index (χ0n) is 20.4. The lowest BCUT2D eigenvalue weighted by Gasteiger charge is -2.13. The van der Waals surface area contributed by atoms with Gasteiger partial charge in [0.25, 0.3) is 0 Å². The van der Waals surface area contributed by atoms with E-state index in [1.165, 1.54) is 32.3 Å². The van der Waals surface area contributed by atoms with Crippen molar-refractivity contribution in [3.63, 3.8) is 0 Å². The largest absolute Gasteiger partial charge is 0.246 e. The van der Waals surface area contributed by atoms with Gasteiger partial charge in [-0.25, -0.2) is 9.97 Å². The van der Waals surface area contributed by atoms with Gasteiger partial charge >= 0.3 is 0 Å². The second-order valence-corrected chi connectivity index (χ2v) is 8.66. The number of nitrogens with zero attached hydrogens (tertiary/aromatic N) is 2. The summed E-state index contributed by atoms with van der Waals surface area (Å²) in [5, 5.41) is 8.45. The van der Waals surface area contributed by atoms with Gasteiger partial charge in [0.15, 0.2) is 0 Å². The van der Waals surface area contributed by atoms with E-state index in [4.69, 9.17) is 9.97 Å². The van der Waals surface area contributed by atoms with Gasteiger partial charge in [-0.05, 0) is 45.8 Å². The molecule has 0 bridgehead atoms. The van der Waals surface area contributed by atoms with Crippen LogP contribution in [0, 0.1) is 0 Å². The Labute approximate surface area is 210 Å². The van der Waals surface area contributed by atoms with Crippen LogP contribution < -0.4 is 0 Å². The monoisotopic (exact) mass is 462 g/mol. The van der Waals surface area contributed by atoms with Crippen molar-refractivity contribution in [2.45, 2.75) is 13.8 Å². The van der Waals surface area contributed by atoms with Gasteiger partial charge in [0, 0.05) is 21.7 Å². The van der Waals surface area contributed by atoms with Crippen molar-refractivity contribution in [3.8, 4) is 22.6 Å². The van der Waals surface area contributed by atoms with E-state index in [1.54, 1.807) is 0 Å². The van der Waals surface area contributed by atoms with Crippen LogP contribution in [-0.4, -0.2) is 9.97 Å². The van der Waals surface area contributed by atoms with Crippen molar-refractivity contribution in [2.24, 2.45) is 0 Å². The summed E-state index contributed by atoms with van der Waals surface area (Å²) >= 11 is 0. The van der Waals surface area contributed by atoms with E-state index in [2.05, 4.69) is 121 Å². The molecule has 0 aliphatic rings. The van der Waals surface area contributed by atoms with E-state index in [9.17, 15) is 0 Å². The fourth-order valence-corrected chi connectivity index (χ4v) is 4.99. The zero-order valence-corrected chi connectivity index (χ0v) is 20.4. The third-order valence-electron chi connectivity index (χ3n) is 6.63. The van der Waals surface area contributed by atoms with Crippen LogP contribution in [0.15, 0.2) is 121 Å². The number of benzene rings is 5. The molecule has 0 aliphatic carbocycles. The fourth-order valence-electron chi connectivity index (χ4n) is 4.99. The van der Waals surface area contributed by atoms with E-state index >= 15 is 0 Å². The molecule has 0 saturated carbocycles. The molecule has 7 aromatic rings. The van der Waals surface area contributed by atoms with Gasteiger partial charge < -0.3 is 0 Å². The molecule has 0 unspecified atom stereocenters. The van der Waals surface area contributed by atoms with Gasteiger partial charge in [0.05, 0.1) is 22.6 Å². The molecule has 2 aromatic heterocycles. The van der Waals surface area contributed by atoms with E-state index in [1.807, 2.05) is 13.8 Å². The summed E-state index contributed by atoms with van der Waals surface area (Å²) in [6, 6.07) is 42.5. The number of aromatic nitrogens is 2. The van der Waals surface area contributed by atoms with Crippen LogP contribution in [0.4, 0.5) is 0 Å². The lowest BCUT2D eigenvalue weighted by molar-refractivity contribution is 1.29. The number of hydrogen-bond donors (Lipinski definition) is 0. The Kier molecular flexibility index (Phi) is 5.63. The maximum absolute atomic E-state index is 5.10. The van der Waals surface area contributed by atoms with Crippen molar-refractivity contribution in [1.29, 1.82) is 0 Å². The second kappa shape index (κ2) is 9.24. The normalized spacial score (nSPS) is 11.1. The molecule has 2 nitrogen and oxygen atoms in total. The summed E-state index contributed by atoms with van der Waals surface area (Å²) < 4.78 is 0. The van der Waals surface area contributed by atoms with E-state index < -0.39 is 0 Å². The van der Waals surface area contributed by atoms with Crippen molar-refractivity contribution in [1.82, 2.24) is 9.97 Å². The first kappa shape index (κ1) is 21.9. The number of para-hydroxylation sites is 1. The maximum atomic E-state index is 5.10. The third-order valence-corrected chi connectivity index (χ3v) is 6.63. The second-order valence-electron chi connectivity index (χ2n) is 8.66. The smallest absolute Gasteiger partial charge is 0.0972 e. The Balaban J connectivity index is 0.00000117. The number of rotatable bonds is 2. The highest BCUT2D eigenvalue weighted by molar-refractivity contribution is 6.22. The molecule has 172 valence electrons. The molecular weight excluding hydrogens is 436 g/mol. The minimum atomic E-state index is 0.886. The first-order valence-electron chi connectivity index (χ1n) is 12.5. The first-order chi connectivity index (χ1) is 17.8. The van der Waals surface area contributed by atoms with Crippen molar-refractivity contribution < 1.29 is 0 Å². The Morgan fingerprint density at radius 1 is 0.444 bits per heavy atom. The van der Waals surface area contributed by atoms with E-state index in [0.29, 0.717) is 0 Å². The Bertz CT molecular complexity index is 1850. The Hall–Kier alpha value is -4.56. The van der Waals surface area contributed by atoms with Crippen LogP contribution in [0.5, 0.6) is 0 Å². The molecule has 0 radical (unpaired) electrons. The molecule has 0 atom stereocenters. The number of hydrogen-bond acceptors (Lipinski definition) is 2. The van der Waals surface area contributed by atoms with E-state index in [-0.39, 0.29) is 0 Å². The van der Waals surface area contributed by atoms with Crippen LogP contribution >= 0.6 is 0 Å². The molecule has 0 saturated heterocycles. The van der Waals surface area contributed by atoms with Gasteiger partial charge in [-0.1, -0.05) is 111 Å². The minimum Gasteiger partial charge on any atom is -0.246 e. The third kappa shape index (κ3) is 3.68. The number of fused-ring (bicyclic) bond motifs is 6. The van der Waals surface area contributed by atoms with Crippen LogP contribution in [0.1, 0.15) is 13.8 Å². The van der Waals surface area contributed by atoms with Gasteiger partial charge in [-0.15, -0.1) is 0 Å². The van der Waals surface area contributed by atoms with Gasteiger partial charge in [0.2, 0.25) is 0 Å². The lowest BCUT2D eigenvalue weighted by atomic mass is 9.96. The number of pyridine rings is 2. The Morgan fingerprint density at radius 2 is 1.11 bits per heavy atom. The summed E-state index contributed by atoms with van der Waals surface area (Å²) in [5.41, 5.74) is 4.85. The van der Waals surface area contributed by atoms with Crippen LogP contribution in [0.2, 0.25) is 0 Å². The van der Waals surface area contributed by atoms with Crippen LogP contribution in [-0.2, 0) is 0 Å². The molecule has 5 aromatic carbocycles. The highest BCUT2D eigenvalue weighted by Crippen LogP contribution is 2.37. The molecule has 0 spiro atoms. The molecular formula is C34H26N2. The molecule has 0 N–H and O–H groups in total. The lowest BCUT2D eigenvalue weighted by Crippen LogP contribution is -1.94. The summed E-state index contributed by atoms with van der Waals surface area (Å²) in [7, 11) is 0. The minimum absolute atomic E-state index is 0.886. The summed E-state index contributed by atoms with van der Waals surface area (Å²) in [5.74, 6) is 0. The quantitative estimate of drug-likeness (QED) is 0.239. The van der Waals surface area contributed by atoms with E-state index in [0.717, 1.165) is 33.5 Å². The average molecular weight is 463 g/mol. The van der Waals surface area contributed by atoms with Crippen LogP contribution in [0.25, 0.3) is 65.9 Å². The SMILES string of the molecule is CC.c1cc(-c2ccc3ccccc3c2)nc(-c2nc3ccccc3c3c2ccc2ccccc23)c1. The maximum Gasteiger partial charge on any atom is 0.0972 e. The molecule has 7 rings (SSSR count). The molecule has 2 heterocycles. The van der Waals surface area contributed by atoms with Crippen molar-refractivity contribution >= 4 is 43.2 Å². The molecule has 2 heteroatoms.